The summed E-state index contributed by atoms with van der Waals surface area (Å²) < 4.78 is 25.8. The van der Waals surface area contributed by atoms with E-state index >= 15 is 0 Å². The lowest BCUT2D eigenvalue weighted by atomic mass is 10.1. The van der Waals surface area contributed by atoms with Crippen molar-refractivity contribution >= 4 is 17.7 Å². The molecule has 4 nitrogen and oxygen atoms in total. The Balaban J connectivity index is 1.57. The molecule has 0 bridgehead atoms. The van der Waals surface area contributed by atoms with Crippen LogP contribution in [-0.2, 0) is 4.79 Å². The molecule has 1 heterocycles. The van der Waals surface area contributed by atoms with Crippen molar-refractivity contribution in [2.24, 2.45) is 0 Å². The number of nitrogens with one attached hydrogen (secondary N) is 1. The van der Waals surface area contributed by atoms with Crippen molar-refractivity contribution in [3.8, 4) is 0 Å². The number of benzene rings is 1. The van der Waals surface area contributed by atoms with Crippen LogP contribution in [0.15, 0.2) is 23.1 Å². The van der Waals surface area contributed by atoms with Gasteiger partial charge in [-0.05, 0) is 44.0 Å². The lowest BCUT2D eigenvalue weighted by Crippen LogP contribution is -2.37. The monoisotopic (exact) mass is 344 g/mol. The number of rotatable bonds is 7. The highest BCUT2D eigenvalue weighted by Gasteiger charge is 2.16. The van der Waals surface area contributed by atoms with Gasteiger partial charge in [-0.15, -0.1) is 11.8 Å². The van der Waals surface area contributed by atoms with Gasteiger partial charge in [0.05, 0.1) is 11.9 Å². The van der Waals surface area contributed by atoms with Crippen LogP contribution in [0.3, 0.4) is 0 Å². The third kappa shape index (κ3) is 6.45. The minimum absolute atomic E-state index is 0.117. The molecule has 128 valence electrons. The molecule has 1 saturated heterocycles. The van der Waals surface area contributed by atoms with Crippen LogP contribution >= 0.6 is 11.8 Å². The molecular formula is C16H22F2N2O2S. The first-order chi connectivity index (χ1) is 11.0. The summed E-state index contributed by atoms with van der Waals surface area (Å²) in [5, 5.41) is 12.3. The van der Waals surface area contributed by atoms with Gasteiger partial charge < -0.3 is 15.3 Å². The zero-order valence-corrected chi connectivity index (χ0v) is 13.7. The summed E-state index contributed by atoms with van der Waals surface area (Å²) in [5.74, 6) is -1.72. The Morgan fingerprint density at radius 3 is 2.74 bits per heavy atom. The van der Waals surface area contributed by atoms with Crippen molar-refractivity contribution in [2.45, 2.75) is 30.3 Å². The number of nitrogens with zero attached hydrogens (tertiary/aromatic N) is 1. The van der Waals surface area contributed by atoms with E-state index < -0.39 is 11.6 Å². The molecule has 1 aliphatic rings. The molecule has 0 saturated carbocycles. The molecule has 0 unspecified atom stereocenters. The Labute approximate surface area is 139 Å². The highest BCUT2D eigenvalue weighted by molar-refractivity contribution is 8.00. The van der Waals surface area contributed by atoms with Gasteiger partial charge in [0.25, 0.3) is 0 Å². The van der Waals surface area contributed by atoms with E-state index in [0.717, 1.165) is 51.0 Å². The van der Waals surface area contributed by atoms with E-state index in [-0.39, 0.29) is 17.8 Å². The van der Waals surface area contributed by atoms with Gasteiger partial charge in [-0.25, -0.2) is 8.78 Å². The van der Waals surface area contributed by atoms with Gasteiger partial charge in [-0.3, -0.25) is 4.79 Å². The number of carbonyl (C=O) groups excluding carboxylic acids is 1. The molecule has 1 amide bonds. The Hall–Kier alpha value is -1.18. The molecule has 1 aromatic rings. The van der Waals surface area contributed by atoms with Crippen molar-refractivity contribution in [3.63, 3.8) is 0 Å². The van der Waals surface area contributed by atoms with Crippen LogP contribution in [0.1, 0.15) is 19.3 Å². The number of piperidine rings is 1. The number of amides is 1. The van der Waals surface area contributed by atoms with E-state index in [4.69, 9.17) is 0 Å². The first-order valence-electron chi connectivity index (χ1n) is 7.79. The quantitative estimate of drug-likeness (QED) is 0.587. The van der Waals surface area contributed by atoms with Crippen molar-refractivity contribution in [1.82, 2.24) is 10.2 Å². The average Bonchev–Trinajstić information content (AvgIpc) is 2.54. The van der Waals surface area contributed by atoms with Crippen molar-refractivity contribution < 1.29 is 18.7 Å². The molecule has 0 spiro atoms. The average molecular weight is 344 g/mol. The number of hydrogen-bond acceptors (Lipinski definition) is 4. The standard InChI is InChI=1S/C16H22F2N2O2S/c17-14-3-2-13(10-15(14)18)23-11-16(22)19-6-1-7-20-8-4-12(21)5-9-20/h2-3,10,12,21H,1,4-9,11H2,(H,19,22). The molecule has 2 N–H and O–H groups in total. The fourth-order valence-electron chi connectivity index (χ4n) is 2.44. The number of likely N-dealkylation sites (tertiary alicyclic amines) is 1. The number of carbonyl (C=O) groups is 1. The molecule has 0 atom stereocenters. The largest absolute Gasteiger partial charge is 0.393 e. The first-order valence-corrected chi connectivity index (χ1v) is 8.78. The third-order valence-corrected chi connectivity index (χ3v) is 4.79. The zero-order valence-electron chi connectivity index (χ0n) is 12.9. The Kier molecular flexibility index (Phi) is 7.26. The van der Waals surface area contributed by atoms with Gasteiger partial charge in [0, 0.05) is 24.5 Å². The predicted molar refractivity (Wildman–Crippen MR) is 86.4 cm³/mol. The van der Waals surface area contributed by atoms with Crippen LogP contribution in [0.2, 0.25) is 0 Å². The molecule has 23 heavy (non-hydrogen) atoms. The molecular weight excluding hydrogens is 322 g/mol. The summed E-state index contributed by atoms with van der Waals surface area (Å²) in [5.41, 5.74) is 0. The Morgan fingerprint density at radius 2 is 2.04 bits per heavy atom. The topological polar surface area (TPSA) is 52.6 Å². The summed E-state index contributed by atoms with van der Waals surface area (Å²) in [6.45, 7) is 3.31. The molecule has 0 radical (unpaired) electrons. The second-order valence-corrected chi connectivity index (χ2v) is 6.69. The molecule has 1 aliphatic heterocycles. The molecule has 7 heteroatoms. The summed E-state index contributed by atoms with van der Waals surface area (Å²) in [7, 11) is 0. The normalized spacial score (nSPS) is 16.5. The van der Waals surface area contributed by atoms with Gasteiger partial charge in [-0.2, -0.15) is 0 Å². The summed E-state index contributed by atoms with van der Waals surface area (Å²) in [6, 6.07) is 3.62. The molecule has 1 fully saturated rings. The van der Waals surface area contributed by atoms with Gasteiger partial charge in [0.15, 0.2) is 11.6 Å². The van der Waals surface area contributed by atoms with Crippen LogP contribution in [0.5, 0.6) is 0 Å². The summed E-state index contributed by atoms with van der Waals surface area (Å²) in [4.78, 5) is 14.5. The lowest BCUT2D eigenvalue weighted by molar-refractivity contribution is -0.118. The third-order valence-electron chi connectivity index (χ3n) is 3.79. The first kappa shape index (κ1) is 18.2. The van der Waals surface area contributed by atoms with Gasteiger partial charge in [0.2, 0.25) is 5.91 Å². The van der Waals surface area contributed by atoms with Crippen molar-refractivity contribution in [2.75, 3.05) is 31.9 Å². The van der Waals surface area contributed by atoms with Gasteiger partial charge in [0.1, 0.15) is 0 Å². The SMILES string of the molecule is O=C(CSc1ccc(F)c(F)c1)NCCCN1CCC(O)CC1. The second-order valence-electron chi connectivity index (χ2n) is 5.64. The molecule has 2 rings (SSSR count). The minimum atomic E-state index is -0.901. The minimum Gasteiger partial charge on any atom is -0.393 e. The Bertz CT molecular complexity index is 523. The van der Waals surface area contributed by atoms with Crippen LogP contribution in [0.4, 0.5) is 8.78 Å². The van der Waals surface area contributed by atoms with E-state index in [1.54, 1.807) is 0 Å². The second kappa shape index (κ2) is 9.20. The van der Waals surface area contributed by atoms with E-state index in [1.165, 1.54) is 17.8 Å². The van der Waals surface area contributed by atoms with E-state index in [1.807, 2.05) is 0 Å². The summed E-state index contributed by atoms with van der Waals surface area (Å²) in [6.07, 6.45) is 2.32. The van der Waals surface area contributed by atoms with Gasteiger partial charge >= 0.3 is 0 Å². The van der Waals surface area contributed by atoms with Crippen molar-refractivity contribution in [3.05, 3.63) is 29.8 Å². The number of hydrogen-bond donors (Lipinski definition) is 2. The smallest absolute Gasteiger partial charge is 0.230 e. The number of thioether (sulfide) groups is 1. The number of aliphatic hydroxyl groups is 1. The van der Waals surface area contributed by atoms with E-state index in [2.05, 4.69) is 10.2 Å². The molecule has 0 aliphatic carbocycles. The number of halogens is 2. The highest BCUT2D eigenvalue weighted by atomic mass is 32.2. The lowest BCUT2D eigenvalue weighted by Gasteiger charge is -2.29. The van der Waals surface area contributed by atoms with Crippen LogP contribution in [0, 0.1) is 11.6 Å². The van der Waals surface area contributed by atoms with Crippen LogP contribution in [-0.4, -0.2) is 53.9 Å². The summed E-state index contributed by atoms with van der Waals surface area (Å²) >= 11 is 1.18. The fraction of sp³-hybridized carbons (Fsp3) is 0.562. The fourth-order valence-corrected chi connectivity index (χ4v) is 3.19. The zero-order chi connectivity index (χ0) is 16.7. The predicted octanol–water partition coefficient (Wildman–Crippen LogP) is 2.02. The van der Waals surface area contributed by atoms with E-state index in [9.17, 15) is 18.7 Å². The van der Waals surface area contributed by atoms with Crippen LogP contribution in [0.25, 0.3) is 0 Å². The number of aliphatic hydroxyl groups excluding tert-OH is 1. The maximum absolute atomic E-state index is 13.0. The maximum Gasteiger partial charge on any atom is 0.230 e. The van der Waals surface area contributed by atoms with Crippen molar-refractivity contribution in [1.29, 1.82) is 0 Å². The molecule has 1 aromatic carbocycles. The van der Waals surface area contributed by atoms with Gasteiger partial charge in [-0.1, -0.05) is 0 Å². The molecule has 0 aromatic heterocycles. The highest BCUT2D eigenvalue weighted by Crippen LogP contribution is 2.20. The van der Waals surface area contributed by atoms with Crippen LogP contribution < -0.4 is 5.32 Å². The maximum atomic E-state index is 13.0. The Morgan fingerprint density at radius 1 is 1.30 bits per heavy atom. The van der Waals surface area contributed by atoms with E-state index in [0.29, 0.717) is 11.4 Å².